The molecule has 0 spiro atoms. The van der Waals surface area contributed by atoms with Crippen LogP contribution in [-0.4, -0.2) is 80.5 Å². The fraction of sp³-hybridized carbons (Fsp3) is 0.586. The van der Waals surface area contributed by atoms with Crippen LogP contribution in [0.15, 0.2) is 36.4 Å². The van der Waals surface area contributed by atoms with Crippen LogP contribution in [0.3, 0.4) is 0 Å². The molecular weight excluding hydrogens is 476 g/mol. The Morgan fingerprint density at radius 3 is 1.86 bits per heavy atom. The third-order valence-electron chi connectivity index (χ3n) is 8.45. The monoisotopic (exact) mass is 514 g/mol. The molecule has 10 atom stereocenters. The summed E-state index contributed by atoms with van der Waals surface area (Å²) >= 11 is 0. The Labute approximate surface area is 217 Å². The molecule has 6 N–H and O–H groups in total. The molecule has 8 nitrogen and oxygen atoms in total. The molecule has 0 bridgehead atoms. The molecule has 5 rings (SSSR count). The summed E-state index contributed by atoms with van der Waals surface area (Å²) in [6, 6.07) is 12.5. The van der Waals surface area contributed by atoms with Gasteiger partial charge in [-0.05, 0) is 78.3 Å². The number of aliphatic hydroxyl groups is 6. The van der Waals surface area contributed by atoms with Crippen LogP contribution in [0.1, 0.15) is 76.7 Å². The van der Waals surface area contributed by atoms with Crippen LogP contribution in [0.5, 0.6) is 0 Å². The van der Waals surface area contributed by atoms with Crippen molar-refractivity contribution in [2.24, 2.45) is 0 Å². The summed E-state index contributed by atoms with van der Waals surface area (Å²) in [6.07, 6.45) is -4.73. The van der Waals surface area contributed by atoms with E-state index in [0.717, 1.165) is 35.1 Å². The van der Waals surface area contributed by atoms with Gasteiger partial charge >= 0.3 is 0 Å². The van der Waals surface area contributed by atoms with Crippen LogP contribution in [0.2, 0.25) is 0 Å². The molecule has 8 heteroatoms. The Balaban J connectivity index is 1.28. The third-order valence-corrected chi connectivity index (χ3v) is 8.45. The molecular formula is C29H38O8. The molecule has 7 unspecified atom stereocenters. The quantitative estimate of drug-likeness (QED) is 0.342. The van der Waals surface area contributed by atoms with Gasteiger partial charge in [0.2, 0.25) is 0 Å². The molecule has 2 saturated heterocycles. The average Bonchev–Trinajstić information content (AvgIpc) is 3.69. The lowest BCUT2D eigenvalue weighted by molar-refractivity contribution is -0.231. The predicted octanol–water partition coefficient (Wildman–Crippen LogP) is 1.66. The number of aryl methyl sites for hydroxylation is 2. The normalized spacial score (nSPS) is 37.9. The van der Waals surface area contributed by atoms with Crippen LogP contribution < -0.4 is 0 Å². The zero-order chi connectivity index (χ0) is 26.4. The molecule has 0 aromatic heterocycles. The number of hydrogen-bond acceptors (Lipinski definition) is 8. The van der Waals surface area contributed by atoms with Gasteiger partial charge in [-0.2, -0.15) is 0 Å². The molecule has 3 aliphatic rings. The van der Waals surface area contributed by atoms with E-state index in [1.807, 2.05) is 19.1 Å². The van der Waals surface area contributed by atoms with Gasteiger partial charge in [-0.3, -0.25) is 0 Å². The summed E-state index contributed by atoms with van der Waals surface area (Å²) in [5, 5.41) is 59.8. The van der Waals surface area contributed by atoms with Crippen molar-refractivity contribution in [2.45, 2.75) is 93.8 Å². The van der Waals surface area contributed by atoms with Crippen LogP contribution >= 0.6 is 0 Å². The van der Waals surface area contributed by atoms with E-state index in [1.165, 1.54) is 11.1 Å². The van der Waals surface area contributed by atoms with Gasteiger partial charge in [0.25, 0.3) is 0 Å². The molecule has 37 heavy (non-hydrogen) atoms. The Morgan fingerprint density at radius 1 is 0.703 bits per heavy atom. The van der Waals surface area contributed by atoms with Crippen molar-refractivity contribution >= 4 is 0 Å². The SMILES string of the molecule is Cc1cc(C2CC2c2ccc([C@H]3OC(CO)[C@@H](O)C(O)C3O)c(C)c2)ccc1C1CCC(O)[C@@H](CO)O1. The van der Waals surface area contributed by atoms with Gasteiger partial charge in [0.15, 0.2) is 0 Å². The highest BCUT2D eigenvalue weighted by molar-refractivity contribution is 5.44. The lowest BCUT2D eigenvalue weighted by Gasteiger charge is -2.40. The highest BCUT2D eigenvalue weighted by Gasteiger charge is 2.45. The van der Waals surface area contributed by atoms with E-state index in [-0.39, 0.29) is 12.7 Å². The number of rotatable bonds is 6. The van der Waals surface area contributed by atoms with E-state index in [4.69, 9.17) is 9.47 Å². The van der Waals surface area contributed by atoms with E-state index in [2.05, 4.69) is 31.2 Å². The summed E-state index contributed by atoms with van der Waals surface area (Å²) in [7, 11) is 0. The predicted molar refractivity (Wildman–Crippen MR) is 135 cm³/mol. The van der Waals surface area contributed by atoms with Crippen molar-refractivity contribution in [2.75, 3.05) is 13.2 Å². The number of hydrogen-bond donors (Lipinski definition) is 6. The molecule has 1 aliphatic carbocycles. The summed E-state index contributed by atoms with van der Waals surface area (Å²) < 4.78 is 11.7. The van der Waals surface area contributed by atoms with Gasteiger partial charge in [-0.25, -0.2) is 0 Å². The molecule has 202 valence electrons. The largest absolute Gasteiger partial charge is 0.394 e. The minimum Gasteiger partial charge on any atom is -0.394 e. The fourth-order valence-electron chi connectivity index (χ4n) is 6.10. The van der Waals surface area contributed by atoms with Gasteiger partial charge < -0.3 is 40.1 Å². The minimum atomic E-state index is -1.40. The van der Waals surface area contributed by atoms with Crippen LogP contribution in [-0.2, 0) is 9.47 Å². The molecule has 3 fully saturated rings. The number of benzene rings is 2. The first-order valence-corrected chi connectivity index (χ1v) is 13.2. The Morgan fingerprint density at radius 2 is 1.30 bits per heavy atom. The Hall–Kier alpha value is -1.88. The van der Waals surface area contributed by atoms with Crippen LogP contribution in [0.25, 0.3) is 0 Å². The third kappa shape index (κ3) is 5.10. The number of aliphatic hydroxyl groups excluding tert-OH is 6. The van der Waals surface area contributed by atoms with Gasteiger partial charge in [-0.1, -0.05) is 36.4 Å². The second-order valence-corrected chi connectivity index (χ2v) is 10.9. The Kier molecular flexibility index (Phi) is 7.73. The smallest absolute Gasteiger partial charge is 0.113 e. The molecule has 2 aliphatic heterocycles. The van der Waals surface area contributed by atoms with Crippen LogP contribution in [0, 0.1) is 13.8 Å². The first kappa shape index (κ1) is 26.7. The topological polar surface area (TPSA) is 140 Å². The summed E-state index contributed by atoms with van der Waals surface area (Å²) in [4.78, 5) is 0. The first-order valence-electron chi connectivity index (χ1n) is 13.2. The van der Waals surface area contributed by atoms with E-state index < -0.39 is 49.3 Å². The van der Waals surface area contributed by atoms with Gasteiger partial charge in [-0.15, -0.1) is 0 Å². The standard InChI is InChI=1S/C29H38O8/c1-14-9-16(3-5-18(14)23-8-7-22(32)24(12-30)36-23)20-11-21(20)17-4-6-19(15(2)10-17)29-28(35)27(34)26(33)25(13-31)37-29/h3-6,9-10,20-35H,7-8,11-13H2,1-2H3/t20?,21?,22?,23?,24-,25?,26-,27?,28?,29-/m1/s1. The van der Waals surface area contributed by atoms with Crippen molar-refractivity contribution in [1.29, 1.82) is 0 Å². The van der Waals surface area contributed by atoms with Gasteiger partial charge in [0.05, 0.1) is 25.4 Å². The van der Waals surface area contributed by atoms with Crippen LogP contribution in [0.4, 0.5) is 0 Å². The molecule has 2 aromatic carbocycles. The summed E-state index contributed by atoms with van der Waals surface area (Å²) in [5.41, 5.74) is 6.39. The second-order valence-electron chi connectivity index (χ2n) is 10.9. The lowest BCUT2D eigenvalue weighted by Crippen LogP contribution is -2.55. The minimum absolute atomic E-state index is 0.123. The van der Waals surface area contributed by atoms with E-state index in [0.29, 0.717) is 18.3 Å². The van der Waals surface area contributed by atoms with E-state index in [1.54, 1.807) is 0 Å². The summed E-state index contributed by atoms with van der Waals surface area (Å²) in [5.74, 6) is 0.789. The summed E-state index contributed by atoms with van der Waals surface area (Å²) in [6.45, 7) is 3.39. The van der Waals surface area contributed by atoms with Crippen molar-refractivity contribution in [1.82, 2.24) is 0 Å². The molecule has 1 saturated carbocycles. The number of ether oxygens (including phenoxy) is 2. The second kappa shape index (κ2) is 10.7. The van der Waals surface area contributed by atoms with Crippen molar-refractivity contribution in [3.63, 3.8) is 0 Å². The highest BCUT2D eigenvalue weighted by Crippen LogP contribution is 2.55. The highest BCUT2D eigenvalue weighted by atomic mass is 16.5. The fourth-order valence-corrected chi connectivity index (χ4v) is 6.10. The molecule has 0 amide bonds. The Bertz CT molecular complexity index is 1100. The van der Waals surface area contributed by atoms with Gasteiger partial charge in [0.1, 0.15) is 36.6 Å². The molecule has 2 heterocycles. The van der Waals surface area contributed by atoms with Crippen molar-refractivity contribution < 1.29 is 40.1 Å². The maximum absolute atomic E-state index is 10.5. The zero-order valence-corrected chi connectivity index (χ0v) is 21.3. The van der Waals surface area contributed by atoms with Gasteiger partial charge in [0, 0.05) is 0 Å². The first-order chi connectivity index (χ1) is 17.7. The van der Waals surface area contributed by atoms with Crippen molar-refractivity contribution in [3.05, 3.63) is 69.8 Å². The molecule has 0 radical (unpaired) electrons. The lowest BCUT2D eigenvalue weighted by atomic mass is 9.88. The maximum Gasteiger partial charge on any atom is 0.113 e. The van der Waals surface area contributed by atoms with E-state index in [9.17, 15) is 30.6 Å². The average molecular weight is 515 g/mol. The maximum atomic E-state index is 10.5. The molecule has 2 aromatic rings. The van der Waals surface area contributed by atoms with Crippen molar-refractivity contribution in [3.8, 4) is 0 Å². The van der Waals surface area contributed by atoms with E-state index >= 15 is 0 Å². The zero-order valence-electron chi connectivity index (χ0n) is 21.3.